The standard InChI is InChI=1S/C18H18N2O4S/c1-13(24-16(21)12-25-15-10-6-3-7-11-15)17(22)19-20-18(23)14-8-4-2-5-9-14/h2-11,13H,12H2,1H3,(H,19,22)(H,20,23)/t13-/m0/s1. The normalized spacial score (nSPS) is 11.2. The smallest absolute Gasteiger partial charge is 0.317 e. The molecule has 0 aliphatic carbocycles. The lowest BCUT2D eigenvalue weighted by atomic mass is 10.2. The molecule has 0 saturated heterocycles. The third kappa shape index (κ3) is 6.31. The fraction of sp³-hybridized carbons (Fsp3) is 0.167. The molecule has 25 heavy (non-hydrogen) atoms. The Kier molecular flexibility index (Phi) is 7.03. The van der Waals surface area contributed by atoms with Gasteiger partial charge in [0, 0.05) is 10.5 Å². The van der Waals surface area contributed by atoms with E-state index in [0.717, 1.165) is 4.90 Å². The summed E-state index contributed by atoms with van der Waals surface area (Å²) >= 11 is 1.32. The molecule has 0 bridgehead atoms. The van der Waals surface area contributed by atoms with Crippen molar-refractivity contribution in [2.24, 2.45) is 0 Å². The minimum absolute atomic E-state index is 0.0952. The number of rotatable bonds is 6. The second-order valence-corrected chi connectivity index (χ2v) is 6.09. The van der Waals surface area contributed by atoms with E-state index in [9.17, 15) is 14.4 Å². The highest BCUT2D eigenvalue weighted by molar-refractivity contribution is 8.00. The number of hydrogen-bond acceptors (Lipinski definition) is 5. The van der Waals surface area contributed by atoms with Crippen LogP contribution in [0.15, 0.2) is 65.6 Å². The van der Waals surface area contributed by atoms with Gasteiger partial charge >= 0.3 is 5.97 Å². The second kappa shape index (κ2) is 9.48. The molecule has 0 aliphatic rings. The average molecular weight is 358 g/mol. The Morgan fingerprint density at radius 2 is 1.56 bits per heavy atom. The van der Waals surface area contributed by atoms with Gasteiger partial charge in [-0.3, -0.25) is 25.2 Å². The average Bonchev–Trinajstić information content (AvgIpc) is 2.65. The van der Waals surface area contributed by atoms with E-state index in [2.05, 4.69) is 10.9 Å². The molecular weight excluding hydrogens is 340 g/mol. The quantitative estimate of drug-likeness (QED) is 0.470. The van der Waals surface area contributed by atoms with Crippen LogP contribution in [0.25, 0.3) is 0 Å². The summed E-state index contributed by atoms with van der Waals surface area (Å²) < 4.78 is 5.05. The molecule has 2 amide bonds. The largest absolute Gasteiger partial charge is 0.452 e. The Morgan fingerprint density at radius 1 is 0.960 bits per heavy atom. The van der Waals surface area contributed by atoms with Gasteiger partial charge < -0.3 is 4.74 Å². The van der Waals surface area contributed by atoms with E-state index in [4.69, 9.17) is 4.74 Å². The highest BCUT2D eigenvalue weighted by Crippen LogP contribution is 2.17. The van der Waals surface area contributed by atoms with Gasteiger partial charge in [0.2, 0.25) is 0 Å². The molecule has 1 atom stereocenters. The van der Waals surface area contributed by atoms with Crippen LogP contribution < -0.4 is 10.9 Å². The lowest BCUT2D eigenvalue weighted by Gasteiger charge is -2.14. The van der Waals surface area contributed by atoms with Crippen LogP contribution in [0.3, 0.4) is 0 Å². The molecule has 0 aromatic heterocycles. The van der Waals surface area contributed by atoms with Gasteiger partial charge in [-0.25, -0.2) is 0 Å². The van der Waals surface area contributed by atoms with Crippen molar-refractivity contribution in [2.45, 2.75) is 17.9 Å². The summed E-state index contributed by atoms with van der Waals surface area (Å²) in [7, 11) is 0. The molecule has 0 radical (unpaired) electrons. The fourth-order valence-corrected chi connectivity index (χ4v) is 2.53. The maximum absolute atomic E-state index is 11.9. The molecule has 0 aliphatic heterocycles. The predicted molar refractivity (Wildman–Crippen MR) is 94.8 cm³/mol. The zero-order valence-corrected chi connectivity index (χ0v) is 14.4. The van der Waals surface area contributed by atoms with Crippen molar-refractivity contribution in [3.05, 3.63) is 66.2 Å². The van der Waals surface area contributed by atoms with Crippen LogP contribution in [0.2, 0.25) is 0 Å². The highest BCUT2D eigenvalue weighted by atomic mass is 32.2. The molecular formula is C18H18N2O4S. The molecule has 0 heterocycles. The Balaban J connectivity index is 1.72. The van der Waals surface area contributed by atoms with E-state index in [-0.39, 0.29) is 5.75 Å². The van der Waals surface area contributed by atoms with Crippen LogP contribution in [0.4, 0.5) is 0 Å². The lowest BCUT2D eigenvalue weighted by molar-refractivity contribution is -0.152. The van der Waals surface area contributed by atoms with Crippen LogP contribution in [-0.4, -0.2) is 29.6 Å². The van der Waals surface area contributed by atoms with E-state index in [1.807, 2.05) is 30.3 Å². The summed E-state index contributed by atoms with van der Waals surface area (Å²) in [5.74, 6) is -1.47. The summed E-state index contributed by atoms with van der Waals surface area (Å²) in [5, 5.41) is 0. The molecule has 2 aromatic rings. The number of carbonyl (C=O) groups is 3. The second-order valence-electron chi connectivity index (χ2n) is 5.04. The number of hydrazine groups is 1. The van der Waals surface area contributed by atoms with Crippen molar-refractivity contribution >= 4 is 29.5 Å². The van der Waals surface area contributed by atoms with Crippen LogP contribution in [0.1, 0.15) is 17.3 Å². The minimum Gasteiger partial charge on any atom is -0.452 e. The molecule has 0 unspecified atom stereocenters. The maximum Gasteiger partial charge on any atom is 0.317 e. The van der Waals surface area contributed by atoms with Crippen LogP contribution in [0, 0.1) is 0 Å². The van der Waals surface area contributed by atoms with Crippen molar-refractivity contribution in [3.8, 4) is 0 Å². The molecule has 0 spiro atoms. The SMILES string of the molecule is C[C@H](OC(=O)CSc1ccccc1)C(=O)NNC(=O)c1ccccc1. The minimum atomic E-state index is -1.01. The Bertz CT molecular complexity index is 722. The van der Waals surface area contributed by atoms with E-state index in [0.29, 0.717) is 5.56 Å². The lowest BCUT2D eigenvalue weighted by Crippen LogP contribution is -2.46. The van der Waals surface area contributed by atoms with E-state index in [1.54, 1.807) is 30.3 Å². The van der Waals surface area contributed by atoms with E-state index < -0.39 is 23.9 Å². The zero-order chi connectivity index (χ0) is 18.1. The number of carbonyl (C=O) groups excluding carboxylic acids is 3. The van der Waals surface area contributed by atoms with Gasteiger partial charge in [0.25, 0.3) is 11.8 Å². The number of nitrogens with one attached hydrogen (secondary N) is 2. The van der Waals surface area contributed by atoms with E-state index in [1.165, 1.54) is 18.7 Å². The Labute approximate surface area is 149 Å². The molecule has 130 valence electrons. The molecule has 2 N–H and O–H groups in total. The Hall–Kier alpha value is -2.80. The van der Waals surface area contributed by atoms with Gasteiger partial charge in [-0.15, -0.1) is 11.8 Å². The molecule has 6 nitrogen and oxygen atoms in total. The van der Waals surface area contributed by atoms with Crippen LogP contribution >= 0.6 is 11.8 Å². The van der Waals surface area contributed by atoms with Gasteiger partial charge in [-0.2, -0.15) is 0 Å². The zero-order valence-electron chi connectivity index (χ0n) is 13.6. The van der Waals surface area contributed by atoms with Gasteiger partial charge in [0.1, 0.15) is 0 Å². The summed E-state index contributed by atoms with van der Waals surface area (Å²) in [6.07, 6.45) is -1.01. The monoisotopic (exact) mass is 358 g/mol. The summed E-state index contributed by atoms with van der Waals surface area (Å²) in [6, 6.07) is 17.8. The summed E-state index contributed by atoms with van der Waals surface area (Å²) in [5.41, 5.74) is 4.92. The Morgan fingerprint density at radius 3 is 2.20 bits per heavy atom. The number of ether oxygens (including phenoxy) is 1. The van der Waals surface area contributed by atoms with Crippen molar-refractivity contribution in [3.63, 3.8) is 0 Å². The first-order valence-electron chi connectivity index (χ1n) is 7.59. The molecule has 2 rings (SSSR count). The van der Waals surface area contributed by atoms with Crippen molar-refractivity contribution < 1.29 is 19.1 Å². The number of esters is 1. The number of hydrogen-bond donors (Lipinski definition) is 2. The molecule has 2 aromatic carbocycles. The number of benzene rings is 2. The van der Waals surface area contributed by atoms with Gasteiger partial charge in [-0.1, -0.05) is 36.4 Å². The van der Waals surface area contributed by atoms with E-state index >= 15 is 0 Å². The fourth-order valence-electron chi connectivity index (χ4n) is 1.83. The topological polar surface area (TPSA) is 84.5 Å². The first-order chi connectivity index (χ1) is 12.1. The van der Waals surface area contributed by atoms with Gasteiger partial charge in [-0.05, 0) is 31.2 Å². The summed E-state index contributed by atoms with van der Waals surface area (Å²) in [6.45, 7) is 1.44. The van der Waals surface area contributed by atoms with Crippen LogP contribution in [-0.2, 0) is 14.3 Å². The number of thioether (sulfide) groups is 1. The summed E-state index contributed by atoms with van der Waals surface area (Å²) in [4.78, 5) is 36.4. The molecule has 7 heteroatoms. The molecule has 0 fully saturated rings. The third-order valence-electron chi connectivity index (χ3n) is 3.11. The first-order valence-corrected chi connectivity index (χ1v) is 8.57. The first kappa shape index (κ1) is 18.5. The third-order valence-corrected chi connectivity index (χ3v) is 4.10. The molecule has 0 saturated carbocycles. The van der Waals surface area contributed by atoms with Gasteiger partial charge in [0.15, 0.2) is 6.10 Å². The predicted octanol–water partition coefficient (Wildman–Crippen LogP) is 2.17. The maximum atomic E-state index is 11.9. The van der Waals surface area contributed by atoms with Crippen molar-refractivity contribution in [1.82, 2.24) is 10.9 Å². The highest BCUT2D eigenvalue weighted by Gasteiger charge is 2.18. The van der Waals surface area contributed by atoms with Crippen molar-refractivity contribution in [2.75, 3.05) is 5.75 Å². The van der Waals surface area contributed by atoms with Gasteiger partial charge in [0.05, 0.1) is 5.75 Å². The van der Waals surface area contributed by atoms with Crippen LogP contribution in [0.5, 0.6) is 0 Å². The number of amides is 2. The van der Waals surface area contributed by atoms with Crippen molar-refractivity contribution in [1.29, 1.82) is 0 Å².